The first kappa shape index (κ1) is 11.2. The van der Waals surface area contributed by atoms with Gasteiger partial charge in [0.1, 0.15) is 0 Å². The molecule has 96 valence electrons. The summed E-state index contributed by atoms with van der Waals surface area (Å²) in [5.74, 6) is 0.0619. The number of ether oxygens (including phenoxy) is 1. The minimum absolute atomic E-state index is 0.0146. The normalized spacial score (nSPS) is 23.8. The van der Waals surface area contributed by atoms with Crippen LogP contribution in [-0.2, 0) is 4.74 Å². The summed E-state index contributed by atoms with van der Waals surface area (Å²) in [7, 11) is 0. The van der Waals surface area contributed by atoms with Crippen LogP contribution in [0.15, 0.2) is 11.1 Å². The van der Waals surface area contributed by atoms with Crippen LogP contribution in [0.4, 0.5) is 5.95 Å². The standard InChI is InChI=1S/C10H13N5O3/c11-10-13-8-7(9(17)14-10)12-4-15(8)5-1-6(2-16)18-3-5/h4-6,16H,1-3H2,(H3,11,13,14,17). The summed E-state index contributed by atoms with van der Waals surface area (Å²) < 4.78 is 7.18. The molecule has 0 aliphatic carbocycles. The number of nitrogens with one attached hydrogen (secondary N) is 1. The smallest absolute Gasteiger partial charge is 0.280 e. The van der Waals surface area contributed by atoms with Crippen molar-refractivity contribution in [3.05, 3.63) is 16.7 Å². The molecule has 18 heavy (non-hydrogen) atoms. The summed E-state index contributed by atoms with van der Waals surface area (Å²) in [6.45, 7) is 0.449. The quantitative estimate of drug-likeness (QED) is 0.631. The Bertz CT molecular complexity index is 634. The number of hydrogen-bond acceptors (Lipinski definition) is 6. The van der Waals surface area contributed by atoms with Crippen molar-refractivity contribution in [3.8, 4) is 0 Å². The van der Waals surface area contributed by atoms with E-state index in [0.29, 0.717) is 18.7 Å². The number of nitrogen functional groups attached to an aromatic ring is 1. The third-order valence-electron chi connectivity index (χ3n) is 3.11. The van der Waals surface area contributed by atoms with Gasteiger partial charge in [0.05, 0.1) is 31.7 Å². The van der Waals surface area contributed by atoms with E-state index in [1.807, 2.05) is 0 Å². The number of anilines is 1. The van der Waals surface area contributed by atoms with Crippen molar-refractivity contribution in [1.82, 2.24) is 19.5 Å². The lowest BCUT2D eigenvalue weighted by Gasteiger charge is -2.10. The molecule has 0 spiro atoms. The number of H-pyrrole nitrogens is 1. The van der Waals surface area contributed by atoms with Crippen molar-refractivity contribution in [1.29, 1.82) is 0 Å². The SMILES string of the molecule is Nc1nc2c(ncn2C2COC(CO)C2)c(=O)[nH]1. The molecular weight excluding hydrogens is 238 g/mol. The molecule has 3 rings (SSSR count). The Morgan fingerprint density at radius 1 is 1.67 bits per heavy atom. The number of hydrogen-bond donors (Lipinski definition) is 3. The maximum absolute atomic E-state index is 11.6. The largest absolute Gasteiger partial charge is 0.394 e. The molecule has 0 amide bonds. The van der Waals surface area contributed by atoms with Crippen LogP contribution in [-0.4, -0.2) is 43.9 Å². The number of nitrogens with two attached hydrogens (primary N) is 1. The molecule has 1 fully saturated rings. The zero-order valence-electron chi connectivity index (χ0n) is 9.54. The molecule has 2 aromatic heterocycles. The molecule has 1 aliphatic heterocycles. The van der Waals surface area contributed by atoms with Crippen LogP contribution in [0.25, 0.3) is 11.2 Å². The lowest BCUT2D eigenvalue weighted by atomic mass is 10.2. The van der Waals surface area contributed by atoms with Gasteiger partial charge in [-0.15, -0.1) is 0 Å². The minimum Gasteiger partial charge on any atom is -0.394 e. The number of rotatable bonds is 2. The Hall–Kier alpha value is -1.93. The Kier molecular flexibility index (Phi) is 2.53. The van der Waals surface area contributed by atoms with Crippen LogP contribution in [0.1, 0.15) is 12.5 Å². The first-order chi connectivity index (χ1) is 8.69. The summed E-state index contributed by atoms with van der Waals surface area (Å²) in [5.41, 5.74) is 5.88. The molecule has 3 heterocycles. The second kappa shape index (κ2) is 4.07. The molecule has 8 heteroatoms. The maximum atomic E-state index is 11.6. The molecule has 2 unspecified atom stereocenters. The van der Waals surface area contributed by atoms with E-state index in [9.17, 15) is 4.79 Å². The number of nitrogens with zero attached hydrogens (tertiary/aromatic N) is 3. The highest BCUT2D eigenvalue weighted by atomic mass is 16.5. The van der Waals surface area contributed by atoms with Crippen molar-refractivity contribution in [3.63, 3.8) is 0 Å². The zero-order valence-corrected chi connectivity index (χ0v) is 9.54. The molecule has 2 aromatic rings. The number of imidazole rings is 1. The van der Waals surface area contributed by atoms with Gasteiger partial charge in [0.15, 0.2) is 11.2 Å². The monoisotopic (exact) mass is 251 g/mol. The fraction of sp³-hybridized carbons (Fsp3) is 0.500. The van der Waals surface area contributed by atoms with Crippen LogP contribution in [0.2, 0.25) is 0 Å². The van der Waals surface area contributed by atoms with E-state index in [0.717, 1.165) is 0 Å². The number of aliphatic hydroxyl groups is 1. The Labute approximate surface area is 101 Å². The molecule has 2 atom stereocenters. The summed E-state index contributed by atoms with van der Waals surface area (Å²) in [4.78, 5) is 22.2. The summed E-state index contributed by atoms with van der Waals surface area (Å²) in [5, 5.41) is 9.04. The second-order valence-corrected chi connectivity index (χ2v) is 4.30. The predicted molar refractivity (Wildman–Crippen MR) is 63.0 cm³/mol. The van der Waals surface area contributed by atoms with Crippen molar-refractivity contribution in [2.24, 2.45) is 0 Å². The van der Waals surface area contributed by atoms with Gasteiger partial charge < -0.3 is 20.1 Å². The molecular formula is C10H13N5O3. The minimum atomic E-state index is -0.353. The van der Waals surface area contributed by atoms with Crippen molar-refractivity contribution in [2.45, 2.75) is 18.6 Å². The van der Waals surface area contributed by atoms with Crippen LogP contribution < -0.4 is 11.3 Å². The molecule has 0 aromatic carbocycles. The van der Waals surface area contributed by atoms with E-state index in [-0.39, 0.29) is 35.8 Å². The van der Waals surface area contributed by atoms with E-state index in [2.05, 4.69) is 15.0 Å². The fourth-order valence-corrected chi connectivity index (χ4v) is 2.22. The van der Waals surface area contributed by atoms with Gasteiger partial charge in [-0.05, 0) is 6.42 Å². The van der Waals surface area contributed by atoms with Crippen molar-refractivity contribution < 1.29 is 9.84 Å². The molecule has 1 saturated heterocycles. The number of aromatic nitrogens is 4. The van der Waals surface area contributed by atoms with Crippen LogP contribution >= 0.6 is 0 Å². The van der Waals surface area contributed by atoms with E-state index >= 15 is 0 Å². The summed E-state index contributed by atoms with van der Waals surface area (Å²) in [6, 6.07) is 0.0147. The van der Waals surface area contributed by atoms with Gasteiger partial charge >= 0.3 is 0 Å². The van der Waals surface area contributed by atoms with Gasteiger partial charge in [-0.2, -0.15) is 4.98 Å². The molecule has 0 bridgehead atoms. The zero-order chi connectivity index (χ0) is 12.7. The van der Waals surface area contributed by atoms with Crippen molar-refractivity contribution in [2.75, 3.05) is 18.9 Å². The predicted octanol–water partition coefficient (Wildman–Crippen LogP) is -0.976. The van der Waals surface area contributed by atoms with Crippen molar-refractivity contribution >= 4 is 17.1 Å². The van der Waals surface area contributed by atoms with E-state index in [1.165, 1.54) is 0 Å². The number of fused-ring (bicyclic) bond motifs is 1. The van der Waals surface area contributed by atoms with Gasteiger partial charge in [-0.25, -0.2) is 4.98 Å². The van der Waals surface area contributed by atoms with Crippen LogP contribution in [0, 0.1) is 0 Å². The molecule has 0 radical (unpaired) electrons. The highest BCUT2D eigenvalue weighted by Crippen LogP contribution is 2.26. The highest BCUT2D eigenvalue weighted by Gasteiger charge is 2.27. The summed E-state index contributed by atoms with van der Waals surface area (Å²) >= 11 is 0. The number of aliphatic hydroxyl groups excluding tert-OH is 1. The third kappa shape index (κ3) is 1.66. The average molecular weight is 251 g/mol. The van der Waals surface area contributed by atoms with E-state index in [4.69, 9.17) is 15.6 Å². The first-order valence-electron chi connectivity index (χ1n) is 5.64. The number of aromatic amines is 1. The van der Waals surface area contributed by atoms with Crippen LogP contribution in [0.3, 0.4) is 0 Å². The maximum Gasteiger partial charge on any atom is 0.280 e. The average Bonchev–Trinajstić information content (AvgIpc) is 2.93. The Balaban J connectivity index is 2.05. The second-order valence-electron chi connectivity index (χ2n) is 4.30. The molecule has 8 nitrogen and oxygen atoms in total. The van der Waals surface area contributed by atoms with Gasteiger partial charge in [0, 0.05) is 0 Å². The fourth-order valence-electron chi connectivity index (χ4n) is 2.22. The highest BCUT2D eigenvalue weighted by molar-refractivity contribution is 5.70. The van der Waals surface area contributed by atoms with Gasteiger partial charge in [0.25, 0.3) is 5.56 Å². The lowest BCUT2D eigenvalue weighted by Crippen LogP contribution is -2.14. The third-order valence-corrected chi connectivity index (χ3v) is 3.11. The van der Waals surface area contributed by atoms with Gasteiger partial charge in [0.2, 0.25) is 5.95 Å². The molecule has 0 saturated carbocycles. The van der Waals surface area contributed by atoms with Crippen LogP contribution in [0.5, 0.6) is 0 Å². The first-order valence-corrected chi connectivity index (χ1v) is 5.64. The van der Waals surface area contributed by atoms with E-state index in [1.54, 1.807) is 10.9 Å². The summed E-state index contributed by atoms with van der Waals surface area (Å²) in [6.07, 6.45) is 2.04. The Morgan fingerprint density at radius 2 is 2.50 bits per heavy atom. The lowest BCUT2D eigenvalue weighted by molar-refractivity contribution is 0.0576. The molecule has 4 N–H and O–H groups in total. The van der Waals surface area contributed by atoms with Gasteiger partial charge in [-0.1, -0.05) is 0 Å². The topological polar surface area (TPSA) is 119 Å². The van der Waals surface area contributed by atoms with Gasteiger partial charge in [-0.3, -0.25) is 9.78 Å². The van der Waals surface area contributed by atoms with E-state index < -0.39 is 0 Å². The Morgan fingerprint density at radius 3 is 3.22 bits per heavy atom. The molecule has 1 aliphatic rings.